The van der Waals surface area contributed by atoms with E-state index in [9.17, 15) is 9.59 Å². The van der Waals surface area contributed by atoms with Crippen molar-refractivity contribution in [3.8, 4) is 0 Å². The van der Waals surface area contributed by atoms with Gasteiger partial charge in [0.15, 0.2) is 0 Å². The molecule has 5 nitrogen and oxygen atoms in total. The molecule has 17 heavy (non-hydrogen) atoms. The summed E-state index contributed by atoms with van der Waals surface area (Å²) in [4.78, 5) is 27.1. The topological polar surface area (TPSA) is 71.1 Å². The molecule has 0 fully saturated rings. The first-order chi connectivity index (χ1) is 8.00. The van der Waals surface area contributed by atoms with Crippen LogP contribution in [0.4, 0.5) is 0 Å². The molecule has 1 atom stereocenters. The molecule has 0 aliphatic heterocycles. The molecule has 0 spiro atoms. The van der Waals surface area contributed by atoms with Gasteiger partial charge >= 0.3 is 0 Å². The van der Waals surface area contributed by atoms with E-state index in [1.165, 1.54) is 11.3 Å². The number of carbonyl (C=O) groups is 2. The Kier molecular flexibility index (Phi) is 5.09. The molecule has 94 valence electrons. The van der Waals surface area contributed by atoms with Crippen LogP contribution in [-0.4, -0.2) is 29.4 Å². The monoisotopic (exact) mass is 255 g/mol. The lowest BCUT2D eigenvalue weighted by Crippen LogP contribution is -2.45. The Bertz CT molecular complexity index is 376. The minimum Gasteiger partial charge on any atom is -0.354 e. The van der Waals surface area contributed by atoms with Crippen molar-refractivity contribution in [2.45, 2.75) is 26.8 Å². The van der Waals surface area contributed by atoms with Gasteiger partial charge in [-0.3, -0.25) is 9.59 Å². The van der Waals surface area contributed by atoms with E-state index >= 15 is 0 Å². The first-order valence-corrected chi connectivity index (χ1v) is 6.41. The second-order valence-electron chi connectivity index (χ2n) is 4.21. The molecule has 1 aromatic rings. The molecular weight excluding hydrogens is 238 g/mol. The van der Waals surface area contributed by atoms with Gasteiger partial charge in [0.25, 0.3) is 5.91 Å². The molecule has 0 aliphatic carbocycles. The normalized spacial score (nSPS) is 12.2. The SMILES string of the molecule is CC(C)CNC(=O)C(C)NC(=O)c1cscn1. The van der Waals surface area contributed by atoms with Gasteiger partial charge in [-0.15, -0.1) is 11.3 Å². The maximum Gasteiger partial charge on any atom is 0.271 e. The average molecular weight is 255 g/mol. The molecule has 0 saturated carbocycles. The molecule has 0 aromatic carbocycles. The summed E-state index contributed by atoms with van der Waals surface area (Å²) < 4.78 is 0. The van der Waals surface area contributed by atoms with Crippen LogP contribution >= 0.6 is 11.3 Å². The molecular formula is C11H17N3O2S. The molecule has 2 amide bonds. The predicted molar refractivity (Wildman–Crippen MR) is 66.9 cm³/mol. The van der Waals surface area contributed by atoms with Crippen molar-refractivity contribution in [3.05, 3.63) is 16.6 Å². The highest BCUT2D eigenvalue weighted by Crippen LogP contribution is 2.01. The molecule has 0 saturated heterocycles. The van der Waals surface area contributed by atoms with Crippen LogP contribution in [0.25, 0.3) is 0 Å². The summed E-state index contributed by atoms with van der Waals surface area (Å²) in [5.41, 5.74) is 1.93. The summed E-state index contributed by atoms with van der Waals surface area (Å²) in [5, 5.41) is 7.01. The van der Waals surface area contributed by atoms with Gasteiger partial charge < -0.3 is 10.6 Å². The van der Waals surface area contributed by atoms with Gasteiger partial charge in [0.2, 0.25) is 5.91 Å². The smallest absolute Gasteiger partial charge is 0.271 e. The van der Waals surface area contributed by atoms with Crippen molar-refractivity contribution in [2.24, 2.45) is 5.92 Å². The summed E-state index contributed by atoms with van der Waals surface area (Å²) in [7, 11) is 0. The molecule has 1 rings (SSSR count). The molecule has 1 heterocycles. The van der Waals surface area contributed by atoms with Gasteiger partial charge in [0, 0.05) is 11.9 Å². The Morgan fingerprint density at radius 1 is 1.41 bits per heavy atom. The van der Waals surface area contributed by atoms with E-state index in [1.54, 1.807) is 17.8 Å². The lowest BCUT2D eigenvalue weighted by Gasteiger charge is -2.14. The molecule has 1 aromatic heterocycles. The summed E-state index contributed by atoms with van der Waals surface area (Å²) in [5.74, 6) is -0.110. The van der Waals surface area contributed by atoms with Crippen molar-refractivity contribution in [1.29, 1.82) is 0 Å². The Morgan fingerprint density at radius 2 is 2.12 bits per heavy atom. The lowest BCUT2D eigenvalue weighted by atomic mass is 10.2. The Balaban J connectivity index is 2.41. The third-order valence-electron chi connectivity index (χ3n) is 2.09. The Labute approximate surface area is 105 Å². The van der Waals surface area contributed by atoms with E-state index in [-0.39, 0.29) is 11.8 Å². The van der Waals surface area contributed by atoms with Crippen molar-refractivity contribution in [3.63, 3.8) is 0 Å². The van der Waals surface area contributed by atoms with Crippen molar-refractivity contribution < 1.29 is 9.59 Å². The van der Waals surface area contributed by atoms with Crippen LogP contribution in [0.2, 0.25) is 0 Å². The number of nitrogens with zero attached hydrogens (tertiary/aromatic N) is 1. The van der Waals surface area contributed by atoms with Crippen molar-refractivity contribution >= 4 is 23.2 Å². The first-order valence-electron chi connectivity index (χ1n) is 5.47. The van der Waals surface area contributed by atoms with Gasteiger partial charge in [0.05, 0.1) is 5.51 Å². The summed E-state index contributed by atoms with van der Waals surface area (Å²) in [6.45, 7) is 6.29. The largest absolute Gasteiger partial charge is 0.354 e. The fraction of sp³-hybridized carbons (Fsp3) is 0.545. The summed E-state index contributed by atoms with van der Waals surface area (Å²) in [6.07, 6.45) is 0. The van der Waals surface area contributed by atoms with Crippen LogP contribution in [0, 0.1) is 5.92 Å². The number of amides is 2. The number of hydrogen-bond acceptors (Lipinski definition) is 4. The third-order valence-corrected chi connectivity index (χ3v) is 2.68. The standard InChI is InChI=1S/C11H17N3O2S/c1-7(2)4-12-10(15)8(3)14-11(16)9-5-17-6-13-9/h5-8H,4H2,1-3H3,(H,12,15)(H,14,16). The van der Waals surface area contributed by atoms with Gasteiger partial charge in [-0.05, 0) is 12.8 Å². The van der Waals surface area contributed by atoms with Crippen LogP contribution in [0.15, 0.2) is 10.9 Å². The quantitative estimate of drug-likeness (QED) is 0.825. The number of carbonyl (C=O) groups excluding carboxylic acids is 2. The maximum absolute atomic E-state index is 11.6. The van der Waals surface area contributed by atoms with Crippen LogP contribution in [0.5, 0.6) is 0 Å². The van der Waals surface area contributed by atoms with E-state index in [2.05, 4.69) is 15.6 Å². The summed E-state index contributed by atoms with van der Waals surface area (Å²) in [6, 6.07) is -0.553. The minimum absolute atomic E-state index is 0.178. The van der Waals surface area contributed by atoms with Gasteiger partial charge in [-0.2, -0.15) is 0 Å². The highest BCUT2D eigenvalue weighted by molar-refractivity contribution is 7.07. The van der Waals surface area contributed by atoms with Crippen molar-refractivity contribution in [1.82, 2.24) is 15.6 Å². The number of aromatic nitrogens is 1. The highest BCUT2D eigenvalue weighted by atomic mass is 32.1. The lowest BCUT2D eigenvalue weighted by molar-refractivity contribution is -0.122. The maximum atomic E-state index is 11.6. The van der Waals surface area contributed by atoms with E-state index in [4.69, 9.17) is 0 Å². The second kappa shape index (κ2) is 6.34. The molecule has 0 aliphatic rings. The minimum atomic E-state index is -0.553. The zero-order chi connectivity index (χ0) is 12.8. The van der Waals surface area contributed by atoms with Gasteiger partial charge in [-0.1, -0.05) is 13.8 Å². The zero-order valence-electron chi connectivity index (χ0n) is 10.2. The number of hydrogen-bond donors (Lipinski definition) is 2. The number of rotatable bonds is 5. The second-order valence-corrected chi connectivity index (χ2v) is 4.93. The number of thiazole rings is 1. The van der Waals surface area contributed by atoms with E-state index in [0.717, 1.165) is 0 Å². The first kappa shape index (κ1) is 13.6. The van der Waals surface area contributed by atoms with E-state index in [0.29, 0.717) is 18.2 Å². The molecule has 0 radical (unpaired) electrons. The van der Waals surface area contributed by atoms with Gasteiger partial charge in [-0.25, -0.2) is 4.98 Å². The van der Waals surface area contributed by atoms with E-state index in [1.807, 2.05) is 13.8 Å². The van der Waals surface area contributed by atoms with Crippen LogP contribution in [0.1, 0.15) is 31.3 Å². The zero-order valence-corrected chi connectivity index (χ0v) is 11.0. The molecule has 6 heteroatoms. The van der Waals surface area contributed by atoms with Crippen LogP contribution < -0.4 is 10.6 Å². The Morgan fingerprint density at radius 3 is 2.65 bits per heavy atom. The molecule has 0 bridgehead atoms. The number of nitrogens with one attached hydrogen (secondary N) is 2. The van der Waals surface area contributed by atoms with Crippen LogP contribution in [0.3, 0.4) is 0 Å². The predicted octanol–water partition coefficient (Wildman–Crippen LogP) is 1.03. The Hall–Kier alpha value is -1.43. The third kappa shape index (κ3) is 4.52. The summed E-state index contributed by atoms with van der Waals surface area (Å²) >= 11 is 1.35. The molecule has 1 unspecified atom stereocenters. The fourth-order valence-electron chi connectivity index (χ4n) is 1.12. The highest BCUT2D eigenvalue weighted by Gasteiger charge is 2.17. The van der Waals surface area contributed by atoms with E-state index < -0.39 is 6.04 Å². The fourth-order valence-corrected chi connectivity index (χ4v) is 1.65. The van der Waals surface area contributed by atoms with Crippen LogP contribution in [-0.2, 0) is 4.79 Å². The molecule has 2 N–H and O–H groups in total. The van der Waals surface area contributed by atoms with Crippen molar-refractivity contribution in [2.75, 3.05) is 6.54 Å². The van der Waals surface area contributed by atoms with Gasteiger partial charge in [0.1, 0.15) is 11.7 Å². The average Bonchev–Trinajstić information content (AvgIpc) is 2.78.